The van der Waals surface area contributed by atoms with Crippen molar-refractivity contribution in [2.75, 3.05) is 87.4 Å². The first-order valence-corrected chi connectivity index (χ1v) is 48.6. The van der Waals surface area contributed by atoms with E-state index in [4.69, 9.17) is 67.5 Å². The van der Waals surface area contributed by atoms with E-state index in [1.807, 2.05) is 173 Å². The van der Waals surface area contributed by atoms with Crippen LogP contribution in [0.15, 0.2) is 285 Å². The lowest BCUT2D eigenvalue weighted by molar-refractivity contribution is -0.176. The molecule has 6 N–H and O–H groups in total. The first-order chi connectivity index (χ1) is 60.5. The summed E-state index contributed by atoms with van der Waals surface area (Å²) in [5.74, 6) is -0.934. The Balaban J connectivity index is 0.000000250. The third-order valence-electron chi connectivity index (χ3n) is 22.5. The Labute approximate surface area is 750 Å². The molecular formula is C101H136N2O20Si3. The summed E-state index contributed by atoms with van der Waals surface area (Å²) in [4.78, 5) is 52.3. The zero-order valence-electron chi connectivity index (χ0n) is 76.3. The highest BCUT2D eigenvalue weighted by molar-refractivity contribution is 7.00. The number of aldehydes is 1. The van der Waals surface area contributed by atoms with Crippen molar-refractivity contribution in [2.24, 2.45) is 11.8 Å². The number of methoxy groups -OCH3 is 3. The summed E-state index contributed by atoms with van der Waals surface area (Å²) >= 11 is 0. The maximum absolute atomic E-state index is 13.8. The molecule has 12 rings (SSSR count). The lowest BCUT2D eigenvalue weighted by Crippen LogP contribution is -2.67. The number of cyclic esters (lactones) is 2. The molecule has 25 heteroatoms. The minimum atomic E-state index is -2.78. The van der Waals surface area contributed by atoms with Crippen molar-refractivity contribution < 1.29 is 96.6 Å². The molecular weight excluding hydrogens is 1650 g/mol. The Kier molecular flexibility index (Phi) is 44.8. The highest BCUT2D eigenvalue weighted by atomic mass is 28.4. The Morgan fingerprint density at radius 3 is 1.07 bits per heavy atom. The van der Waals surface area contributed by atoms with Crippen molar-refractivity contribution in [1.29, 1.82) is 0 Å². The molecule has 9 atom stereocenters. The third-order valence-corrected chi connectivity index (χ3v) is 37.6. The Bertz CT molecular complexity index is 4410. The number of aliphatic hydroxyl groups is 4. The average Bonchev–Trinajstić information content (AvgIpc) is 0.873. The summed E-state index contributed by atoms with van der Waals surface area (Å²) in [7, 11) is -3.09. The van der Waals surface area contributed by atoms with Crippen LogP contribution in [0.4, 0.5) is 9.59 Å². The normalized spacial score (nSPS) is 16.6. The molecule has 0 spiro atoms. The molecule has 126 heavy (non-hydrogen) atoms. The van der Waals surface area contributed by atoms with Gasteiger partial charge in [-0.2, -0.15) is 0 Å². The number of imide groups is 1. The molecule has 3 aliphatic rings. The maximum atomic E-state index is 13.8. The SMILES string of the molecule is C/C=C(\C)N1C(=O)OC[C@@H]1Cc1ccccc1.CO[C@@H](CO[Si](c1ccccc1)(c1ccccc1)C(C)(C)C)[C@@H](C)[C@H](C)C(=O)N1C(=O)OC[C@@H]1Cc1ccccc1.CO[C@H](C=O)CO[Si](c1ccccc1)(c1ccccc1)C(C)(C)C.CO[C@H](CO)CO[Si](c1ccccc1)(c1ccccc1)C(C)(C)C.OC[C@H](O)COCc1ccccc1.OC[C@H]1CO1.OO. The van der Waals surface area contributed by atoms with Crippen LogP contribution >= 0.6 is 0 Å². The van der Waals surface area contributed by atoms with E-state index in [-0.39, 0.29) is 103 Å². The Morgan fingerprint density at radius 2 is 0.786 bits per heavy atom. The number of carbonyl (C=O) groups is 4. The first kappa shape index (κ1) is 105. The topological polar surface area (TPSA) is 292 Å². The van der Waals surface area contributed by atoms with Gasteiger partial charge in [0.05, 0.1) is 77.6 Å². The van der Waals surface area contributed by atoms with Crippen LogP contribution in [-0.4, -0.2) is 220 Å². The number of hydrogen-bond acceptors (Lipinski definition) is 20. The van der Waals surface area contributed by atoms with Gasteiger partial charge in [-0.15, -0.1) is 0 Å². The summed E-state index contributed by atoms with van der Waals surface area (Å²) in [5, 5.41) is 53.9. The minimum Gasteiger partial charge on any atom is -0.447 e. The molecule has 9 aromatic carbocycles. The minimum absolute atomic E-state index is 0.0469. The van der Waals surface area contributed by atoms with Crippen molar-refractivity contribution in [3.8, 4) is 0 Å². The zero-order valence-corrected chi connectivity index (χ0v) is 79.3. The Morgan fingerprint density at radius 1 is 0.460 bits per heavy atom. The van der Waals surface area contributed by atoms with Gasteiger partial charge in [0.25, 0.3) is 25.0 Å². The second-order valence-electron chi connectivity index (χ2n) is 34.1. The summed E-state index contributed by atoms with van der Waals surface area (Å²) in [6, 6.07) is 92.1. The summed E-state index contributed by atoms with van der Waals surface area (Å²) in [5.41, 5.74) is 4.30. The number of epoxide rings is 1. The van der Waals surface area contributed by atoms with Crippen molar-refractivity contribution in [3.63, 3.8) is 0 Å². The molecule has 9 aromatic rings. The molecule has 0 unspecified atom stereocenters. The smallest absolute Gasteiger partial charge is 0.416 e. The molecule has 0 aromatic heterocycles. The van der Waals surface area contributed by atoms with Gasteiger partial charge < -0.3 is 71.7 Å². The van der Waals surface area contributed by atoms with Crippen LogP contribution in [0.3, 0.4) is 0 Å². The third kappa shape index (κ3) is 29.9. The maximum Gasteiger partial charge on any atom is 0.416 e. The van der Waals surface area contributed by atoms with Crippen LogP contribution in [0.1, 0.15) is 107 Å². The van der Waals surface area contributed by atoms with Crippen LogP contribution in [0.2, 0.25) is 15.1 Å². The number of ether oxygens (including phenoxy) is 7. The quantitative estimate of drug-likeness (QED) is 0.00718. The van der Waals surface area contributed by atoms with Crippen molar-refractivity contribution >= 4 is 80.5 Å². The summed E-state index contributed by atoms with van der Waals surface area (Å²) in [6.45, 7) is 30.7. The lowest BCUT2D eigenvalue weighted by Gasteiger charge is -2.44. The molecule has 3 amide bonds. The number of carbonyl (C=O) groups excluding carboxylic acids is 4. The molecule has 22 nitrogen and oxygen atoms in total. The number of amides is 3. The number of nitrogens with zero attached hydrogens (tertiary/aromatic N) is 2. The number of hydrogen-bond donors (Lipinski definition) is 6. The number of aliphatic hydroxyl groups excluding tert-OH is 4. The molecule has 0 saturated carbocycles. The standard InChI is InChI=1S/C34H43NO5Si.C20H28O3Si.C20H26O3Si.C14H17NO2.C10H14O3.C3H6O2.H2O2/c1-25(26(2)32(36)35-28(23-39-33(35)37)22-27-16-10-7-11-17-27)31(38-6)24-40-41(34(3,4)5,29-18-12-8-13-19-29)30-20-14-9-15-21-30;2*1-20(2,3)24(18-11-7-5-8-12-18,19-13-9-6-10-14-19)23-16-17(15-21)22-4;1-3-11(2)15-13(10-17-14(15)16)9-12-7-5-4-6-8-12;11-6-10(12)8-13-7-9-4-2-1-3-5-9;4-1-3-2-5-3;1-2/h7-21,25-26,28,31H,22-24H2,1-6H3;5-14,17,21H,15-16H2,1-4H3;5-15,17H,16H2,1-4H3;3-8,13H,9-10H2,1-2H3;1-5,10-12H,6-8H2;3-4H,1-2H2;1-2H/b;;;11-3+;;;/t25-,26-,28-,31-;2*17-;13-;10-;3-;/m011000./s1. The van der Waals surface area contributed by atoms with Gasteiger partial charge in [0, 0.05) is 32.9 Å². The fraction of sp³-hybridized carbons (Fsp3) is 0.406. The van der Waals surface area contributed by atoms with E-state index in [1.165, 1.54) is 48.7 Å². The summed E-state index contributed by atoms with van der Waals surface area (Å²) < 4.78 is 57.1. The van der Waals surface area contributed by atoms with Crippen LogP contribution in [0.5, 0.6) is 0 Å². The average molecular weight is 1780 g/mol. The molecule has 0 radical (unpaired) electrons. The monoisotopic (exact) mass is 1780 g/mol. The fourth-order valence-corrected chi connectivity index (χ4v) is 29.2. The van der Waals surface area contributed by atoms with E-state index in [0.717, 1.165) is 36.1 Å². The molecule has 3 aliphatic heterocycles. The second kappa shape index (κ2) is 53.5. The van der Waals surface area contributed by atoms with E-state index in [0.29, 0.717) is 32.8 Å². The Hall–Kier alpha value is -9.31. The molecule has 0 aliphatic carbocycles. The van der Waals surface area contributed by atoms with Crippen LogP contribution < -0.4 is 31.1 Å². The van der Waals surface area contributed by atoms with Crippen molar-refractivity contribution in [1.82, 2.24) is 9.80 Å². The number of benzene rings is 9. The van der Waals surface area contributed by atoms with E-state index < -0.39 is 49.2 Å². The summed E-state index contributed by atoms with van der Waals surface area (Å²) in [6.07, 6.45) is 1.51. The number of rotatable bonds is 34. The largest absolute Gasteiger partial charge is 0.447 e. The van der Waals surface area contributed by atoms with Gasteiger partial charge >= 0.3 is 12.2 Å². The lowest BCUT2D eigenvalue weighted by atomic mass is 9.89. The van der Waals surface area contributed by atoms with E-state index >= 15 is 0 Å². The first-order valence-electron chi connectivity index (χ1n) is 42.9. The zero-order chi connectivity index (χ0) is 92.4. The second-order valence-corrected chi connectivity index (χ2v) is 47.0. The molecule has 682 valence electrons. The van der Waals surface area contributed by atoms with E-state index in [1.54, 1.807) is 19.1 Å². The van der Waals surface area contributed by atoms with Gasteiger partial charge in [0.15, 0.2) is 6.29 Å². The molecule has 0 bridgehead atoms. The van der Waals surface area contributed by atoms with Crippen molar-refractivity contribution in [3.05, 3.63) is 301 Å². The molecule has 3 saturated heterocycles. The predicted octanol–water partition coefficient (Wildman–Crippen LogP) is 13.7. The van der Waals surface area contributed by atoms with Crippen LogP contribution in [0, 0.1) is 11.8 Å². The predicted molar refractivity (Wildman–Crippen MR) is 505 cm³/mol. The molecule has 3 fully saturated rings. The van der Waals surface area contributed by atoms with Crippen LogP contribution in [0.25, 0.3) is 0 Å². The highest BCUT2D eigenvalue weighted by Gasteiger charge is 2.54. The van der Waals surface area contributed by atoms with E-state index in [9.17, 15) is 24.3 Å². The van der Waals surface area contributed by atoms with Gasteiger partial charge in [-0.25, -0.2) is 14.5 Å². The van der Waals surface area contributed by atoms with Gasteiger partial charge in [0.1, 0.15) is 37.6 Å². The highest BCUT2D eigenvalue weighted by Crippen LogP contribution is 2.40. The van der Waals surface area contributed by atoms with Gasteiger partial charge in [-0.1, -0.05) is 355 Å². The van der Waals surface area contributed by atoms with Crippen LogP contribution in [-0.2, 0) is 75.5 Å². The van der Waals surface area contributed by atoms with Gasteiger partial charge in [0.2, 0.25) is 5.91 Å². The number of allylic oxidation sites excluding steroid dienone is 2. The van der Waals surface area contributed by atoms with Gasteiger partial charge in [-0.3, -0.25) is 20.2 Å². The van der Waals surface area contributed by atoms with Gasteiger partial charge in [-0.05, 0) is 95.5 Å². The van der Waals surface area contributed by atoms with E-state index in [2.05, 4.69) is 201 Å². The fourth-order valence-electron chi connectivity index (χ4n) is 15.4. The molecule has 3 heterocycles. The van der Waals surface area contributed by atoms with Crippen molar-refractivity contribution in [2.45, 2.75) is 167 Å².